The van der Waals surface area contributed by atoms with Gasteiger partial charge in [-0.2, -0.15) is 0 Å². The van der Waals surface area contributed by atoms with E-state index >= 15 is 0 Å². The number of benzene rings is 2. The summed E-state index contributed by atoms with van der Waals surface area (Å²) in [6, 6.07) is 17.6. The van der Waals surface area contributed by atoms with Gasteiger partial charge < -0.3 is 25.6 Å². The maximum absolute atomic E-state index is 13.3. The Bertz CT molecular complexity index is 1900. The lowest BCUT2D eigenvalue weighted by molar-refractivity contribution is 0.0398. The molecule has 3 aromatic carbocycles. The maximum Gasteiger partial charge on any atom is 0.267 e. The molecule has 11 heteroatoms. The fraction of sp³-hybridized carbons (Fsp3) is 0.273. The molecule has 3 N–H and O–H groups in total. The second-order valence-corrected chi connectivity index (χ2v) is 11.9. The van der Waals surface area contributed by atoms with Crippen molar-refractivity contribution in [3.63, 3.8) is 0 Å². The summed E-state index contributed by atoms with van der Waals surface area (Å²) in [5, 5.41) is 12.7. The largest absolute Gasteiger partial charge is 0.380 e. The summed E-state index contributed by atoms with van der Waals surface area (Å²) in [6.07, 6.45) is 2.51. The van der Waals surface area contributed by atoms with E-state index in [4.69, 9.17) is 4.74 Å². The van der Waals surface area contributed by atoms with Gasteiger partial charge in [0.2, 0.25) is 0 Å². The molecule has 7 rings (SSSR count). The summed E-state index contributed by atoms with van der Waals surface area (Å²) < 4.78 is 5.39. The Morgan fingerprint density at radius 2 is 1.84 bits per heavy atom. The molecule has 44 heavy (non-hydrogen) atoms. The standard InChI is InChI=1S/C33H32N6O4S/c40-30-28(35-11-13-38-14-16-43-17-15-38)29(31(30)41)39-12-8-21-19-23(5-6-27(21)39)37-33(42)32-26(9-18-44-32)36-20-22-7-10-34-25-4-2-1-3-24(22)25/h1-7,9-10,18-19,35-36H,8,11-17,20H2,(H,37,42). The highest BCUT2D eigenvalue weighted by atomic mass is 32.1. The van der Waals surface area contributed by atoms with E-state index in [0.29, 0.717) is 61.2 Å². The van der Waals surface area contributed by atoms with Crippen LogP contribution in [0.5, 0.6) is 0 Å². The molecule has 0 unspecified atom stereocenters. The number of aromatic nitrogens is 1. The first-order valence-corrected chi connectivity index (χ1v) is 15.7. The van der Waals surface area contributed by atoms with Crippen molar-refractivity contribution in [1.82, 2.24) is 9.88 Å². The SMILES string of the molecule is O=C(Nc1ccc2c(c1)CCN2c1c(NCCN2CCOCC2)c(=O)c1=O)c1sccc1NCc1ccnc2ccccc12. The monoisotopic (exact) mass is 608 g/mol. The Kier molecular flexibility index (Phi) is 7.82. The average molecular weight is 609 g/mol. The minimum absolute atomic E-state index is 0.189. The number of amides is 1. The maximum atomic E-state index is 13.3. The summed E-state index contributed by atoms with van der Waals surface area (Å²) in [4.78, 5) is 47.6. The lowest BCUT2D eigenvalue weighted by Gasteiger charge is -2.28. The third kappa shape index (κ3) is 5.45. The van der Waals surface area contributed by atoms with Crippen LogP contribution in [0.3, 0.4) is 0 Å². The van der Waals surface area contributed by atoms with Gasteiger partial charge in [-0.3, -0.25) is 24.3 Å². The summed E-state index contributed by atoms with van der Waals surface area (Å²) in [6.45, 7) is 5.69. The number of fused-ring (bicyclic) bond motifs is 2. The fourth-order valence-electron chi connectivity index (χ4n) is 5.99. The predicted octanol–water partition coefficient (Wildman–Crippen LogP) is 4.20. The van der Waals surface area contributed by atoms with E-state index in [0.717, 1.165) is 53.0 Å². The van der Waals surface area contributed by atoms with Gasteiger partial charge >= 0.3 is 0 Å². The van der Waals surface area contributed by atoms with Gasteiger partial charge in [0.05, 0.1) is 24.4 Å². The number of hydrogen-bond donors (Lipinski definition) is 3. The van der Waals surface area contributed by atoms with Crippen molar-refractivity contribution in [3.05, 3.63) is 103 Å². The van der Waals surface area contributed by atoms with Gasteiger partial charge in [0.25, 0.3) is 16.8 Å². The molecule has 5 aromatic rings. The number of rotatable bonds is 10. The van der Waals surface area contributed by atoms with Gasteiger partial charge in [-0.05, 0) is 59.3 Å². The number of morpholine rings is 1. The van der Waals surface area contributed by atoms with E-state index in [-0.39, 0.29) is 5.91 Å². The van der Waals surface area contributed by atoms with Gasteiger partial charge in [-0.25, -0.2) is 0 Å². The molecule has 0 radical (unpaired) electrons. The normalized spacial score (nSPS) is 15.0. The van der Waals surface area contributed by atoms with Crippen molar-refractivity contribution in [3.8, 4) is 0 Å². The zero-order valence-corrected chi connectivity index (χ0v) is 24.9. The summed E-state index contributed by atoms with van der Waals surface area (Å²) in [7, 11) is 0. The highest BCUT2D eigenvalue weighted by Crippen LogP contribution is 2.38. The Balaban J connectivity index is 1.01. The number of ether oxygens (including phenoxy) is 1. The fourth-order valence-corrected chi connectivity index (χ4v) is 6.75. The van der Waals surface area contributed by atoms with Crippen molar-refractivity contribution in [2.24, 2.45) is 0 Å². The van der Waals surface area contributed by atoms with Crippen molar-refractivity contribution in [2.45, 2.75) is 13.0 Å². The van der Waals surface area contributed by atoms with Gasteiger partial charge in [0, 0.05) is 62.2 Å². The van der Waals surface area contributed by atoms with Crippen molar-refractivity contribution >= 4 is 56.6 Å². The summed E-state index contributed by atoms with van der Waals surface area (Å²) in [5.41, 5.74) is 5.31. The second kappa shape index (κ2) is 12.2. The molecule has 2 aliphatic rings. The third-order valence-corrected chi connectivity index (χ3v) is 9.21. The van der Waals surface area contributed by atoms with Crippen LogP contribution in [0.4, 0.5) is 28.4 Å². The Hall–Kier alpha value is -4.58. The molecule has 2 aromatic heterocycles. The van der Waals surface area contributed by atoms with Gasteiger partial charge in [0.1, 0.15) is 16.3 Å². The highest BCUT2D eigenvalue weighted by molar-refractivity contribution is 7.12. The van der Waals surface area contributed by atoms with Crippen LogP contribution < -0.4 is 31.7 Å². The van der Waals surface area contributed by atoms with Gasteiger partial charge in [-0.15, -0.1) is 11.3 Å². The Morgan fingerprint density at radius 3 is 2.73 bits per heavy atom. The van der Waals surface area contributed by atoms with E-state index in [1.165, 1.54) is 11.3 Å². The number of anilines is 5. The molecule has 2 aliphatic heterocycles. The third-order valence-electron chi connectivity index (χ3n) is 8.30. The van der Waals surface area contributed by atoms with Crippen molar-refractivity contribution in [2.75, 3.05) is 66.8 Å². The number of para-hydroxylation sites is 1. The number of thiophene rings is 1. The quantitative estimate of drug-likeness (QED) is 0.201. The number of carbonyl (C=O) groups excluding carboxylic acids is 1. The second-order valence-electron chi connectivity index (χ2n) is 11.0. The molecule has 224 valence electrons. The molecule has 4 heterocycles. The lowest BCUT2D eigenvalue weighted by Crippen LogP contribution is -2.43. The van der Waals surface area contributed by atoms with Crippen LogP contribution in [0.25, 0.3) is 10.9 Å². The zero-order valence-electron chi connectivity index (χ0n) is 24.1. The minimum Gasteiger partial charge on any atom is -0.380 e. The molecule has 0 atom stereocenters. The van der Waals surface area contributed by atoms with Crippen LogP contribution in [0.2, 0.25) is 0 Å². The van der Waals surface area contributed by atoms with E-state index in [9.17, 15) is 14.4 Å². The minimum atomic E-state index is -0.461. The molecule has 0 bridgehead atoms. The molecular weight excluding hydrogens is 576 g/mol. The van der Waals surface area contributed by atoms with Gasteiger partial charge in [0.15, 0.2) is 0 Å². The van der Waals surface area contributed by atoms with E-state index in [1.54, 1.807) is 6.20 Å². The van der Waals surface area contributed by atoms with Gasteiger partial charge in [-0.1, -0.05) is 18.2 Å². The highest BCUT2D eigenvalue weighted by Gasteiger charge is 2.31. The topological polar surface area (TPSA) is 116 Å². The predicted molar refractivity (Wildman–Crippen MR) is 176 cm³/mol. The molecule has 0 saturated carbocycles. The molecule has 0 aliphatic carbocycles. The molecule has 1 saturated heterocycles. The zero-order chi connectivity index (χ0) is 30.0. The number of nitrogens with zero attached hydrogens (tertiary/aromatic N) is 3. The first-order chi connectivity index (χ1) is 21.6. The number of nitrogens with one attached hydrogen (secondary N) is 3. The van der Waals surface area contributed by atoms with Crippen LogP contribution in [-0.4, -0.2) is 61.7 Å². The van der Waals surface area contributed by atoms with E-state index in [2.05, 4.69) is 31.9 Å². The average Bonchev–Trinajstić information content (AvgIpc) is 3.70. The van der Waals surface area contributed by atoms with Crippen LogP contribution in [0.15, 0.2) is 75.8 Å². The molecule has 0 spiro atoms. The number of pyridine rings is 1. The molecule has 10 nitrogen and oxygen atoms in total. The van der Waals surface area contributed by atoms with Crippen LogP contribution in [-0.2, 0) is 17.7 Å². The summed E-state index contributed by atoms with van der Waals surface area (Å²) in [5.74, 6) is -0.189. The van der Waals surface area contributed by atoms with E-state index < -0.39 is 10.9 Å². The van der Waals surface area contributed by atoms with E-state index in [1.807, 2.05) is 58.8 Å². The molecule has 1 amide bonds. The van der Waals surface area contributed by atoms with Crippen LogP contribution in [0.1, 0.15) is 20.8 Å². The number of hydrogen-bond acceptors (Lipinski definition) is 10. The lowest BCUT2D eigenvalue weighted by atomic mass is 10.1. The summed E-state index contributed by atoms with van der Waals surface area (Å²) >= 11 is 1.39. The number of carbonyl (C=O) groups is 1. The van der Waals surface area contributed by atoms with Crippen molar-refractivity contribution < 1.29 is 9.53 Å². The van der Waals surface area contributed by atoms with Crippen LogP contribution >= 0.6 is 11.3 Å². The molecule has 1 fully saturated rings. The Morgan fingerprint density at radius 1 is 0.977 bits per heavy atom. The first-order valence-electron chi connectivity index (χ1n) is 14.8. The Labute approximate surface area is 258 Å². The molecular formula is C33H32N6O4S. The smallest absolute Gasteiger partial charge is 0.267 e. The van der Waals surface area contributed by atoms with Crippen molar-refractivity contribution in [1.29, 1.82) is 0 Å². The van der Waals surface area contributed by atoms with Crippen LogP contribution in [0, 0.1) is 0 Å². The first kappa shape index (κ1) is 28.2.